The van der Waals surface area contributed by atoms with Gasteiger partial charge in [-0.3, -0.25) is 0 Å². The maximum atomic E-state index is 6.38. The zero-order valence-corrected chi connectivity index (χ0v) is 17.7. The predicted octanol–water partition coefficient (Wildman–Crippen LogP) is 4.34. The largest absolute Gasteiger partial charge is 0.463 e. The smallest absolute Gasteiger partial charge is 0.403 e. The summed E-state index contributed by atoms with van der Waals surface area (Å²) in [6, 6.07) is 8.46. The van der Waals surface area contributed by atoms with E-state index in [-0.39, 0.29) is 5.72 Å². The normalized spacial score (nSPS) is 25.9. The van der Waals surface area contributed by atoms with Gasteiger partial charge in [-0.05, 0) is 67.9 Å². The van der Waals surface area contributed by atoms with Crippen LogP contribution in [0.5, 0.6) is 0 Å². The van der Waals surface area contributed by atoms with Crippen LogP contribution in [0.25, 0.3) is 0 Å². The van der Waals surface area contributed by atoms with Gasteiger partial charge in [-0.25, -0.2) is 0 Å². The lowest BCUT2D eigenvalue weighted by molar-refractivity contribution is 0.00578. The number of hydrogen-bond acceptors (Lipinski definition) is 4. The van der Waals surface area contributed by atoms with E-state index in [2.05, 4.69) is 86.6 Å². The molecule has 1 aromatic rings. The Labute approximate surface area is 159 Å². The zero-order chi connectivity index (χ0) is 19.5. The molecule has 2 fully saturated rings. The number of rotatable bonds is 3. The summed E-state index contributed by atoms with van der Waals surface area (Å²) >= 11 is 0. The Bertz CT molecular complexity index is 599. The van der Waals surface area contributed by atoms with Gasteiger partial charge in [-0.2, -0.15) is 0 Å². The van der Waals surface area contributed by atoms with Crippen LogP contribution in [0.4, 0.5) is 0 Å². The van der Waals surface area contributed by atoms with E-state index in [0.29, 0.717) is 0 Å². The SMILES string of the molecule is Cc1ccc(C(B2OC(C)(C)C(C)(C)O2)B2OC(C)(C)C(C)(C)O2)cc1. The van der Waals surface area contributed by atoms with Crippen molar-refractivity contribution >= 4 is 14.2 Å². The molecule has 0 unspecified atom stereocenters. The minimum atomic E-state index is -0.433. The summed E-state index contributed by atoms with van der Waals surface area (Å²) in [6.07, 6.45) is 0. The first kappa shape index (κ1) is 19.9. The van der Waals surface area contributed by atoms with E-state index in [1.165, 1.54) is 5.56 Å². The predicted molar refractivity (Wildman–Crippen MR) is 106 cm³/mol. The molecule has 3 rings (SSSR count). The lowest BCUT2D eigenvalue weighted by Gasteiger charge is -2.32. The highest BCUT2D eigenvalue weighted by Crippen LogP contribution is 2.46. The summed E-state index contributed by atoms with van der Waals surface area (Å²) in [5, 5.41) is 0. The maximum absolute atomic E-state index is 6.38. The van der Waals surface area contributed by atoms with E-state index in [4.69, 9.17) is 18.6 Å². The van der Waals surface area contributed by atoms with Crippen LogP contribution >= 0.6 is 0 Å². The van der Waals surface area contributed by atoms with Gasteiger partial charge >= 0.3 is 14.2 Å². The average Bonchev–Trinajstić information content (AvgIpc) is 2.80. The highest BCUT2D eigenvalue weighted by molar-refractivity contribution is 6.68. The average molecular weight is 358 g/mol. The molecule has 0 N–H and O–H groups in total. The van der Waals surface area contributed by atoms with Crippen molar-refractivity contribution in [2.24, 2.45) is 0 Å². The van der Waals surface area contributed by atoms with Crippen LogP contribution in [0.15, 0.2) is 24.3 Å². The summed E-state index contributed by atoms with van der Waals surface area (Å²) in [4.78, 5) is 0. The summed E-state index contributed by atoms with van der Waals surface area (Å²) in [7, 11) is -0.866. The van der Waals surface area contributed by atoms with Gasteiger partial charge in [0.2, 0.25) is 0 Å². The molecular formula is C20H32B2O4. The quantitative estimate of drug-likeness (QED) is 0.754. The summed E-state index contributed by atoms with van der Waals surface area (Å²) in [5.41, 5.74) is 0.559. The first-order valence-corrected chi connectivity index (χ1v) is 9.54. The first-order chi connectivity index (χ1) is 11.8. The fourth-order valence-corrected chi connectivity index (χ4v) is 3.30. The van der Waals surface area contributed by atoms with E-state index in [1.54, 1.807) is 0 Å². The van der Waals surface area contributed by atoms with Crippen LogP contribution in [-0.2, 0) is 18.6 Å². The van der Waals surface area contributed by atoms with Gasteiger partial charge in [0, 0.05) is 0 Å². The van der Waals surface area contributed by atoms with Crippen molar-refractivity contribution in [1.29, 1.82) is 0 Å². The van der Waals surface area contributed by atoms with Gasteiger partial charge in [0.15, 0.2) is 0 Å². The molecule has 1 aromatic carbocycles. The molecular weight excluding hydrogens is 326 g/mol. The van der Waals surface area contributed by atoms with Crippen LogP contribution in [0.3, 0.4) is 0 Å². The molecule has 0 saturated carbocycles. The zero-order valence-electron chi connectivity index (χ0n) is 17.7. The van der Waals surface area contributed by atoms with E-state index in [9.17, 15) is 0 Å². The molecule has 0 amide bonds. The van der Waals surface area contributed by atoms with Crippen molar-refractivity contribution in [3.63, 3.8) is 0 Å². The summed E-state index contributed by atoms with van der Waals surface area (Å²) < 4.78 is 25.5. The lowest BCUT2D eigenvalue weighted by atomic mass is 9.49. The molecule has 142 valence electrons. The maximum Gasteiger partial charge on any atom is 0.463 e. The van der Waals surface area contributed by atoms with Crippen molar-refractivity contribution in [3.8, 4) is 0 Å². The van der Waals surface area contributed by atoms with Crippen LogP contribution in [0, 0.1) is 6.92 Å². The van der Waals surface area contributed by atoms with E-state index < -0.39 is 36.6 Å². The molecule has 0 radical (unpaired) electrons. The second-order valence-corrected chi connectivity index (χ2v) is 9.69. The molecule has 2 aliphatic rings. The molecule has 26 heavy (non-hydrogen) atoms. The fraction of sp³-hybridized carbons (Fsp3) is 0.700. The molecule has 2 saturated heterocycles. The minimum absolute atomic E-state index is 0.169. The van der Waals surface area contributed by atoms with Gasteiger partial charge in [0.25, 0.3) is 0 Å². The topological polar surface area (TPSA) is 36.9 Å². The Kier molecular flexibility index (Phi) is 4.68. The monoisotopic (exact) mass is 358 g/mol. The molecule has 2 aliphatic heterocycles. The molecule has 0 spiro atoms. The van der Waals surface area contributed by atoms with Gasteiger partial charge in [0.05, 0.1) is 28.1 Å². The molecule has 2 heterocycles. The van der Waals surface area contributed by atoms with E-state index in [0.717, 1.165) is 5.56 Å². The number of aryl methyl sites for hydroxylation is 1. The Balaban J connectivity index is 1.98. The van der Waals surface area contributed by atoms with E-state index in [1.807, 2.05) is 0 Å². The van der Waals surface area contributed by atoms with Gasteiger partial charge < -0.3 is 18.6 Å². The fourth-order valence-electron chi connectivity index (χ4n) is 3.30. The summed E-state index contributed by atoms with van der Waals surface area (Å²) in [6.45, 7) is 18.7. The Morgan fingerprint density at radius 3 is 1.23 bits per heavy atom. The summed E-state index contributed by atoms with van der Waals surface area (Å²) in [5.74, 6) is 0. The van der Waals surface area contributed by atoms with E-state index >= 15 is 0 Å². The molecule has 0 atom stereocenters. The van der Waals surface area contributed by atoms with Gasteiger partial charge in [-0.1, -0.05) is 29.8 Å². The molecule has 6 heteroatoms. The molecule has 0 aromatic heterocycles. The van der Waals surface area contributed by atoms with Crippen molar-refractivity contribution in [2.75, 3.05) is 0 Å². The standard InChI is InChI=1S/C20H32B2O4/c1-14-10-12-15(13-11-14)16(21-23-17(2,3)18(4,5)24-21)22-25-19(6,7)20(8,9)26-22/h10-13,16H,1-9H3. The Morgan fingerprint density at radius 1 is 0.615 bits per heavy atom. The van der Waals surface area contributed by atoms with Crippen LogP contribution in [-0.4, -0.2) is 36.6 Å². The van der Waals surface area contributed by atoms with Crippen LogP contribution < -0.4 is 0 Å². The van der Waals surface area contributed by atoms with Crippen molar-refractivity contribution < 1.29 is 18.6 Å². The van der Waals surface area contributed by atoms with Crippen molar-refractivity contribution in [3.05, 3.63) is 35.4 Å². The number of hydrogen-bond donors (Lipinski definition) is 0. The minimum Gasteiger partial charge on any atom is -0.403 e. The van der Waals surface area contributed by atoms with Crippen LogP contribution in [0.1, 0.15) is 72.2 Å². The third-order valence-corrected chi connectivity index (χ3v) is 6.59. The molecule has 0 bridgehead atoms. The second-order valence-electron chi connectivity index (χ2n) is 9.69. The molecule has 4 nitrogen and oxygen atoms in total. The third-order valence-electron chi connectivity index (χ3n) is 6.59. The third kappa shape index (κ3) is 3.26. The van der Waals surface area contributed by atoms with Gasteiger partial charge in [0.1, 0.15) is 0 Å². The highest BCUT2D eigenvalue weighted by atomic mass is 16.7. The second kappa shape index (κ2) is 6.10. The van der Waals surface area contributed by atoms with Crippen molar-refractivity contribution in [1.82, 2.24) is 0 Å². The lowest BCUT2D eigenvalue weighted by Crippen LogP contribution is -2.41. The Hall–Kier alpha value is -0.810. The first-order valence-electron chi connectivity index (χ1n) is 9.54. The number of benzene rings is 1. The van der Waals surface area contributed by atoms with Crippen LogP contribution in [0.2, 0.25) is 0 Å². The van der Waals surface area contributed by atoms with Gasteiger partial charge in [-0.15, -0.1) is 0 Å². The van der Waals surface area contributed by atoms with Crippen molar-refractivity contribution in [2.45, 2.75) is 90.4 Å². The molecule has 0 aliphatic carbocycles. The Morgan fingerprint density at radius 2 is 0.923 bits per heavy atom. The highest BCUT2D eigenvalue weighted by Gasteiger charge is 2.62.